The summed E-state index contributed by atoms with van der Waals surface area (Å²) in [6.07, 6.45) is 4.39. The minimum Gasteiger partial charge on any atom is -0.476 e. The molecule has 0 saturated heterocycles. The number of urea groups is 1. The fourth-order valence-corrected chi connectivity index (χ4v) is 1.61. The first-order chi connectivity index (χ1) is 10.0. The second-order valence-corrected chi connectivity index (χ2v) is 4.37. The Kier molecular flexibility index (Phi) is 4.50. The van der Waals surface area contributed by atoms with Crippen molar-refractivity contribution < 1.29 is 14.7 Å². The number of pyridine rings is 1. The van der Waals surface area contributed by atoms with Crippen LogP contribution in [0.25, 0.3) is 0 Å². The molecule has 3 N–H and O–H groups in total. The molecule has 0 aromatic carbocycles. The van der Waals surface area contributed by atoms with Crippen molar-refractivity contribution in [1.29, 1.82) is 0 Å². The van der Waals surface area contributed by atoms with Crippen molar-refractivity contribution in [3.8, 4) is 0 Å². The molecule has 8 heteroatoms. The summed E-state index contributed by atoms with van der Waals surface area (Å²) < 4.78 is 1.59. The van der Waals surface area contributed by atoms with Gasteiger partial charge in [-0.2, -0.15) is 0 Å². The van der Waals surface area contributed by atoms with Gasteiger partial charge >= 0.3 is 12.0 Å². The summed E-state index contributed by atoms with van der Waals surface area (Å²) in [5, 5.41) is 14.0. The first-order valence-corrected chi connectivity index (χ1v) is 6.27. The standard InChI is InChI=1S/C13H15N5O3/c1-9-2-3-10(6-15-9)17-13(21)14-4-5-18-7-11(12(19)20)16-8-18/h2-3,6-8H,4-5H2,1H3,(H,19,20)(H2,14,17,21). The topological polar surface area (TPSA) is 109 Å². The number of carboxylic acids is 1. The van der Waals surface area contributed by atoms with E-state index in [1.165, 1.54) is 12.5 Å². The third-order valence-electron chi connectivity index (χ3n) is 2.68. The Morgan fingerprint density at radius 3 is 2.76 bits per heavy atom. The third-order valence-corrected chi connectivity index (χ3v) is 2.68. The van der Waals surface area contributed by atoms with E-state index >= 15 is 0 Å². The Bertz CT molecular complexity index is 636. The average molecular weight is 289 g/mol. The Hall–Kier alpha value is -2.90. The number of nitrogens with one attached hydrogen (secondary N) is 2. The van der Waals surface area contributed by atoms with Crippen molar-refractivity contribution in [3.63, 3.8) is 0 Å². The molecule has 0 radical (unpaired) electrons. The fraction of sp³-hybridized carbons (Fsp3) is 0.231. The number of aromatic nitrogens is 3. The van der Waals surface area contributed by atoms with Crippen molar-refractivity contribution in [3.05, 3.63) is 42.2 Å². The number of carbonyl (C=O) groups excluding carboxylic acids is 1. The Morgan fingerprint density at radius 2 is 2.14 bits per heavy atom. The average Bonchev–Trinajstić information content (AvgIpc) is 2.90. The Morgan fingerprint density at radius 1 is 1.33 bits per heavy atom. The number of rotatable bonds is 5. The van der Waals surface area contributed by atoms with Crippen molar-refractivity contribution in [1.82, 2.24) is 19.9 Å². The van der Waals surface area contributed by atoms with Crippen LogP contribution in [0.1, 0.15) is 16.2 Å². The molecule has 0 aliphatic rings. The number of aryl methyl sites for hydroxylation is 1. The highest BCUT2D eigenvalue weighted by molar-refractivity contribution is 5.89. The van der Waals surface area contributed by atoms with E-state index in [0.29, 0.717) is 18.8 Å². The van der Waals surface area contributed by atoms with Crippen LogP contribution in [0.2, 0.25) is 0 Å². The molecule has 0 fully saturated rings. The molecule has 2 aromatic heterocycles. The van der Waals surface area contributed by atoms with E-state index in [4.69, 9.17) is 5.11 Å². The van der Waals surface area contributed by atoms with Gasteiger partial charge in [0.1, 0.15) is 0 Å². The van der Waals surface area contributed by atoms with Crippen molar-refractivity contribution >= 4 is 17.7 Å². The van der Waals surface area contributed by atoms with Crippen LogP contribution in [0, 0.1) is 6.92 Å². The molecular formula is C13H15N5O3. The molecule has 0 bridgehead atoms. The van der Waals surface area contributed by atoms with Gasteiger partial charge in [-0.05, 0) is 19.1 Å². The number of hydrogen-bond acceptors (Lipinski definition) is 4. The Labute approximate surface area is 120 Å². The smallest absolute Gasteiger partial charge is 0.356 e. The molecule has 2 aromatic rings. The van der Waals surface area contributed by atoms with Gasteiger partial charge in [0.2, 0.25) is 0 Å². The van der Waals surface area contributed by atoms with Crippen LogP contribution in [0.15, 0.2) is 30.9 Å². The van der Waals surface area contributed by atoms with Gasteiger partial charge in [-0.15, -0.1) is 0 Å². The van der Waals surface area contributed by atoms with Crippen molar-refractivity contribution in [2.75, 3.05) is 11.9 Å². The van der Waals surface area contributed by atoms with Crippen LogP contribution < -0.4 is 10.6 Å². The second-order valence-electron chi connectivity index (χ2n) is 4.37. The summed E-state index contributed by atoms with van der Waals surface area (Å²) in [6.45, 7) is 2.64. The van der Waals surface area contributed by atoms with Crippen molar-refractivity contribution in [2.45, 2.75) is 13.5 Å². The predicted octanol–water partition coefficient (Wildman–Crippen LogP) is 1.11. The first kappa shape index (κ1) is 14.5. The molecule has 0 spiro atoms. The third kappa shape index (κ3) is 4.30. The number of carboxylic acid groups (broad SMARTS) is 1. The number of amides is 2. The zero-order valence-electron chi connectivity index (χ0n) is 11.4. The van der Waals surface area contributed by atoms with Gasteiger partial charge in [-0.3, -0.25) is 4.98 Å². The van der Waals surface area contributed by atoms with Gasteiger partial charge in [0.25, 0.3) is 0 Å². The van der Waals surface area contributed by atoms with E-state index in [1.54, 1.807) is 22.9 Å². The predicted molar refractivity (Wildman–Crippen MR) is 75.2 cm³/mol. The maximum Gasteiger partial charge on any atom is 0.356 e. The normalized spacial score (nSPS) is 10.1. The number of anilines is 1. The lowest BCUT2D eigenvalue weighted by Crippen LogP contribution is -2.31. The summed E-state index contributed by atoms with van der Waals surface area (Å²) in [6, 6.07) is 3.21. The van der Waals surface area contributed by atoms with Gasteiger partial charge in [0.05, 0.1) is 18.2 Å². The molecule has 0 aliphatic heterocycles. The highest BCUT2D eigenvalue weighted by Gasteiger charge is 2.06. The zero-order valence-corrected chi connectivity index (χ0v) is 11.4. The van der Waals surface area contributed by atoms with E-state index < -0.39 is 5.97 Å². The van der Waals surface area contributed by atoms with Crippen LogP contribution in [-0.4, -0.2) is 38.2 Å². The van der Waals surface area contributed by atoms with E-state index in [1.807, 2.05) is 6.92 Å². The van der Waals surface area contributed by atoms with Gasteiger partial charge < -0.3 is 20.3 Å². The minimum atomic E-state index is -1.08. The molecule has 2 heterocycles. The molecule has 0 aliphatic carbocycles. The fourth-order valence-electron chi connectivity index (χ4n) is 1.61. The molecule has 0 atom stereocenters. The number of imidazole rings is 1. The van der Waals surface area contributed by atoms with Gasteiger partial charge in [-0.1, -0.05) is 0 Å². The van der Waals surface area contributed by atoms with Crippen molar-refractivity contribution in [2.24, 2.45) is 0 Å². The highest BCUT2D eigenvalue weighted by Crippen LogP contribution is 2.04. The first-order valence-electron chi connectivity index (χ1n) is 6.27. The monoisotopic (exact) mass is 289 g/mol. The van der Waals surface area contributed by atoms with Gasteiger partial charge in [0, 0.05) is 25.0 Å². The van der Waals surface area contributed by atoms with E-state index in [-0.39, 0.29) is 11.7 Å². The number of nitrogens with zero attached hydrogens (tertiary/aromatic N) is 3. The summed E-state index contributed by atoms with van der Waals surface area (Å²) in [7, 11) is 0. The molecule has 2 amide bonds. The van der Waals surface area contributed by atoms with Crippen LogP contribution in [0.4, 0.5) is 10.5 Å². The summed E-state index contributed by atoms with van der Waals surface area (Å²) in [5.41, 5.74) is 1.45. The largest absolute Gasteiger partial charge is 0.476 e. The molecule has 8 nitrogen and oxygen atoms in total. The molecule has 110 valence electrons. The lowest BCUT2D eigenvalue weighted by Gasteiger charge is -2.07. The SMILES string of the molecule is Cc1ccc(NC(=O)NCCn2cnc(C(=O)O)c2)cn1. The Balaban J connectivity index is 1.76. The molecule has 2 rings (SSSR count). The maximum absolute atomic E-state index is 11.6. The lowest BCUT2D eigenvalue weighted by molar-refractivity contribution is 0.0691. The van der Waals surface area contributed by atoms with Crippen LogP contribution in [0.5, 0.6) is 0 Å². The number of aromatic carboxylic acids is 1. The summed E-state index contributed by atoms with van der Waals surface area (Å²) >= 11 is 0. The van der Waals surface area contributed by atoms with E-state index in [9.17, 15) is 9.59 Å². The van der Waals surface area contributed by atoms with E-state index in [2.05, 4.69) is 20.6 Å². The van der Waals surface area contributed by atoms with Gasteiger partial charge in [-0.25, -0.2) is 14.6 Å². The molecule has 0 unspecified atom stereocenters. The molecule has 0 saturated carbocycles. The van der Waals surface area contributed by atoms with Crippen LogP contribution >= 0.6 is 0 Å². The highest BCUT2D eigenvalue weighted by atomic mass is 16.4. The quantitative estimate of drug-likeness (QED) is 0.763. The zero-order chi connectivity index (χ0) is 15.2. The summed E-state index contributed by atoms with van der Waals surface area (Å²) in [4.78, 5) is 30.1. The number of hydrogen-bond donors (Lipinski definition) is 3. The molecule has 21 heavy (non-hydrogen) atoms. The van der Waals surface area contributed by atoms with E-state index in [0.717, 1.165) is 5.69 Å². The van der Waals surface area contributed by atoms with Gasteiger partial charge in [0.15, 0.2) is 5.69 Å². The minimum absolute atomic E-state index is 0.0230. The van der Waals surface area contributed by atoms with Crippen LogP contribution in [-0.2, 0) is 6.54 Å². The lowest BCUT2D eigenvalue weighted by atomic mass is 10.3. The maximum atomic E-state index is 11.6. The molecular weight excluding hydrogens is 274 g/mol. The summed E-state index contributed by atoms with van der Waals surface area (Å²) in [5.74, 6) is -1.08. The van der Waals surface area contributed by atoms with Crippen LogP contribution in [0.3, 0.4) is 0 Å². The number of carbonyl (C=O) groups is 2. The second kappa shape index (κ2) is 6.51.